The summed E-state index contributed by atoms with van der Waals surface area (Å²) in [6.07, 6.45) is 0.968. The molecule has 2 heterocycles. The Morgan fingerprint density at radius 3 is 2.58 bits per heavy atom. The molecular formula is C8H11BO3. The molecule has 0 atom stereocenters. The summed E-state index contributed by atoms with van der Waals surface area (Å²) in [5.41, 5.74) is 0.771. The zero-order valence-electron chi connectivity index (χ0n) is 7.08. The van der Waals surface area contributed by atoms with E-state index in [0.29, 0.717) is 0 Å². The van der Waals surface area contributed by atoms with Gasteiger partial charge in [-0.1, -0.05) is 0 Å². The summed E-state index contributed by atoms with van der Waals surface area (Å²) in [7, 11) is -0.285. The summed E-state index contributed by atoms with van der Waals surface area (Å²) in [4.78, 5) is 0. The van der Waals surface area contributed by atoms with Gasteiger partial charge in [-0.3, -0.25) is 0 Å². The molecule has 64 valence electrons. The second-order valence-corrected chi connectivity index (χ2v) is 2.88. The zero-order valence-corrected chi connectivity index (χ0v) is 7.08. The molecule has 0 radical (unpaired) electrons. The van der Waals surface area contributed by atoms with Crippen LogP contribution in [0.4, 0.5) is 0 Å². The molecule has 1 aliphatic rings. The third-order valence-electron chi connectivity index (χ3n) is 1.82. The second kappa shape index (κ2) is 3.33. The van der Waals surface area contributed by atoms with Crippen molar-refractivity contribution >= 4 is 12.8 Å². The normalized spacial score (nSPS) is 18.2. The topological polar surface area (TPSA) is 31.6 Å². The van der Waals surface area contributed by atoms with Gasteiger partial charge in [0.2, 0.25) is 0 Å². The Morgan fingerprint density at radius 2 is 2.00 bits per heavy atom. The largest absolute Gasteiger partial charge is 0.531 e. The Hall–Kier alpha value is -0.735. The van der Waals surface area contributed by atoms with Gasteiger partial charge >= 0.3 is 7.12 Å². The van der Waals surface area contributed by atoms with E-state index in [1.807, 2.05) is 19.1 Å². The maximum atomic E-state index is 5.37. The number of hydrogen-bond donors (Lipinski definition) is 0. The van der Waals surface area contributed by atoms with E-state index in [1.165, 1.54) is 0 Å². The molecule has 1 aliphatic heterocycles. The van der Waals surface area contributed by atoms with Crippen molar-refractivity contribution in [1.82, 2.24) is 0 Å². The first kappa shape index (κ1) is 7.89. The summed E-state index contributed by atoms with van der Waals surface area (Å²) >= 11 is 0. The Morgan fingerprint density at radius 1 is 1.25 bits per heavy atom. The minimum Gasteiger partial charge on any atom is -0.470 e. The zero-order chi connectivity index (χ0) is 8.39. The van der Waals surface area contributed by atoms with Crippen molar-refractivity contribution in [3.05, 3.63) is 17.9 Å². The van der Waals surface area contributed by atoms with Crippen molar-refractivity contribution in [3.63, 3.8) is 0 Å². The van der Waals surface area contributed by atoms with E-state index in [-0.39, 0.29) is 7.12 Å². The van der Waals surface area contributed by atoms with Gasteiger partial charge in [0, 0.05) is 13.2 Å². The highest BCUT2D eigenvalue weighted by Crippen LogP contribution is 2.04. The van der Waals surface area contributed by atoms with E-state index in [4.69, 9.17) is 13.7 Å². The smallest absolute Gasteiger partial charge is 0.470 e. The summed E-state index contributed by atoms with van der Waals surface area (Å²) in [5.74, 6) is 0.891. The van der Waals surface area contributed by atoms with Crippen LogP contribution in [0.25, 0.3) is 0 Å². The summed E-state index contributed by atoms with van der Waals surface area (Å²) in [6, 6.07) is 3.81. The van der Waals surface area contributed by atoms with Crippen LogP contribution in [0, 0.1) is 6.92 Å². The molecular weight excluding hydrogens is 155 g/mol. The summed E-state index contributed by atoms with van der Waals surface area (Å²) < 4.78 is 16.1. The van der Waals surface area contributed by atoms with Crippen LogP contribution in [-0.2, 0) is 9.31 Å². The predicted molar refractivity (Wildman–Crippen MR) is 45.4 cm³/mol. The number of furan rings is 1. The molecule has 0 bridgehead atoms. The van der Waals surface area contributed by atoms with Crippen LogP contribution in [0.2, 0.25) is 0 Å². The highest BCUT2D eigenvalue weighted by molar-refractivity contribution is 6.59. The van der Waals surface area contributed by atoms with Crippen molar-refractivity contribution < 1.29 is 13.7 Å². The van der Waals surface area contributed by atoms with E-state index >= 15 is 0 Å². The monoisotopic (exact) mass is 166 g/mol. The standard InChI is InChI=1S/C8H11BO3/c1-7-3-4-8(12-7)9-10-5-2-6-11-9/h3-4H,2,5-6H2,1H3. The molecule has 0 aliphatic carbocycles. The lowest BCUT2D eigenvalue weighted by Gasteiger charge is -2.17. The molecule has 0 saturated carbocycles. The molecule has 0 unspecified atom stereocenters. The van der Waals surface area contributed by atoms with Crippen molar-refractivity contribution in [2.45, 2.75) is 13.3 Å². The second-order valence-electron chi connectivity index (χ2n) is 2.88. The predicted octanol–water partition coefficient (Wildman–Crippen LogP) is 0.720. The van der Waals surface area contributed by atoms with Gasteiger partial charge in [-0.05, 0) is 25.5 Å². The Labute approximate surface area is 71.8 Å². The molecule has 1 aromatic rings. The molecule has 3 nitrogen and oxygen atoms in total. The van der Waals surface area contributed by atoms with Crippen LogP contribution in [0.1, 0.15) is 12.2 Å². The van der Waals surface area contributed by atoms with Gasteiger partial charge in [-0.2, -0.15) is 0 Å². The lowest BCUT2D eigenvalue weighted by molar-refractivity contribution is 0.140. The maximum Gasteiger partial charge on any atom is 0.531 e. The van der Waals surface area contributed by atoms with Crippen LogP contribution in [0.5, 0.6) is 0 Å². The Bertz CT molecular complexity index is 253. The molecule has 4 heteroatoms. The van der Waals surface area contributed by atoms with Crippen molar-refractivity contribution in [2.75, 3.05) is 13.2 Å². The molecule has 2 rings (SSSR count). The third kappa shape index (κ3) is 1.54. The fourth-order valence-corrected chi connectivity index (χ4v) is 1.23. The molecule has 0 N–H and O–H groups in total. The van der Waals surface area contributed by atoms with Crippen LogP contribution in [-0.4, -0.2) is 20.3 Å². The van der Waals surface area contributed by atoms with E-state index in [9.17, 15) is 0 Å². The lowest BCUT2D eigenvalue weighted by atomic mass is 9.85. The van der Waals surface area contributed by atoms with Gasteiger partial charge in [0.05, 0.1) is 5.76 Å². The fourth-order valence-electron chi connectivity index (χ4n) is 1.23. The molecule has 1 aromatic heterocycles. The van der Waals surface area contributed by atoms with Crippen molar-refractivity contribution in [3.8, 4) is 0 Å². The average Bonchev–Trinajstić information content (AvgIpc) is 2.54. The average molecular weight is 166 g/mol. The molecule has 1 fully saturated rings. The van der Waals surface area contributed by atoms with Gasteiger partial charge in [0.15, 0.2) is 0 Å². The van der Waals surface area contributed by atoms with Crippen LogP contribution in [0.15, 0.2) is 16.5 Å². The van der Waals surface area contributed by atoms with Gasteiger partial charge < -0.3 is 13.7 Å². The first-order valence-corrected chi connectivity index (χ1v) is 4.16. The summed E-state index contributed by atoms with van der Waals surface area (Å²) in [6.45, 7) is 3.42. The molecule has 12 heavy (non-hydrogen) atoms. The minimum absolute atomic E-state index is 0.285. The maximum absolute atomic E-state index is 5.37. The number of aryl methyl sites for hydroxylation is 1. The minimum atomic E-state index is -0.285. The Kier molecular flexibility index (Phi) is 2.19. The van der Waals surface area contributed by atoms with Gasteiger partial charge in [0.1, 0.15) is 5.66 Å². The summed E-state index contributed by atoms with van der Waals surface area (Å²) in [5, 5.41) is 0. The SMILES string of the molecule is Cc1ccc(B2OCCCO2)o1. The fraction of sp³-hybridized carbons (Fsp3) is 0.500. The molecule has 1 saturated heterocycles. The van der Waals surface area contributed by atoms with E-state index < -0.39 is 0 Å². The van der Waals surface area contributed by atoms with Crippen LogP contribution >= 0.6 is 0 Å². The van der Waals surface area contributed by atoms with E-state index in [2.05, 4.69) is 0 Å². The van der Waals surface area contributed by atoms with E-state index in [0.717, 1.165) is 31.1 Å². The van der Waals surface area contributed by atoms with Crippen LogP contribution < -0.4 is 5.66 Å². The van der Waals surface area contributed by atoms with Crippen molar-refractivity contribution in [1.29, 1.82) is 0 Å². The highest BCUT2D eigenvalue weighted by Gasteiger charge is 2.27. The third-order valence-corrected chi connectivity index (χ3v) is 1.82. The molecule has 0 aromatic carbocycles. The first-order chi connectivity index (χ1) is 5.86. The van der Waals surface area contributed by atoms with Crippen LogP contribution in [0.3, 0.4) is 0 Å². The molecule has 0 spiro atoms. The van der Waals surface area contributed by atoms with Gasteiger partial charge in [0.25, 0.3) is 0 Å². The number of hydrogen-bond acceptors (Lipinski definition) is 3. The van der Waals surface area contributed by atoms with Gasteiger partial charge in [-0.15, -0.1) is 0 Å². The lowest BCUT2D eigenvalue weighted by Crippen LogP contribution is -2.40. The molecule has 0 amide bonds. The highest BCUT2D eigenvalue weighted by atomic mass is 16.6. The number of rotatable bonds is 1. The first-order valence-electron chi connectivity index (χ1n) is 4.16. The quantitative estimate of drug-likeness (QED) is 0.576. The van der Waals surface area contributed by atoms with Gasteiger partial charge in [-0.25, -0.2) is 0 Å². The van der Waals surface area contributed by atoms with Crippen molar-refractivity contribution in [2.24, 2.45) is 0 Å². The van der Waals surface area contributed by atoms with E-state index in [1.54, 1.807) is 0 Å². The Balaban J connectivity index is 2.08.